The highest BCUT2D eigenvalue weighted by Gasteiger charge is 2.68. The third kappa shape index (κ3) is 1.40. The molecule has 3 aliphatic rings. The van der Waals surface area contributed by atoms with Gasteiger partial charge in [-0.25, -0.2) is 4.52 Å². The van der Waals surface area contributed by atoms with Gasteiger partial charge in [-0.3, -0.25) is 4.99 Å². The van der Waals surface area contributed by atoms with E-state index in [1.165, 1.54) is 53.5 Å². The van der Waals surface area contributed by atoms with Crippen LogP contribution in [0.15, 0.2) is 53.8 Å². The molecule has 3 nitrogen and oxygen atoms in total. The number of fused-ring (bicyclic) bond motifs is 4. The maximum atomic E-state index is 5.38. The molecule has 2 fully saturated rings. The third-order valence-electron chi connectivity index (χ3n) is 6.39. The molecule has 6 rings (SSSR count). The van der Waals surface area contributed by atoms with Crippen LogP contribution in [-0.4, -0.2) is 20.9 Å². The number of benzene rings is 1. The van der Waals surface area contributed by atoms with Crippen LogP contribution in [0.1, 0.15) is 47.9 Å². The van der Waals surface area contributed by atoms with Crippen LogP contribution in [0, 0.1) is 6.92 Å². The molecular weight excluding hydrogens is 294 g/mol. The van der Waals surface area contributed by atoms with Gasteiger partial charge in [0.2, 0.25) is 0 Å². The standard InChI is InChI=1S/C21H19N3/c1-14-5-4-12-24-19(14)16(13-22-24)18-15-6-2-3-7-17(15)20(8-9-20)21(23-18)10-11-21/h2-7,12-13H,8-11H2,1H3. The predicted molar refractivity (Wildman–Crippen MR) is 94.9 cm³/mol. The summed E-state index contributed by atoms with van der Waals surface area (Å²) in [4.78, 5) is 5.38. The number of aromatic nitrogens is 2. The highest BCUT2D eigenvalue weighted by atomic mass is 15.2. The van der Waals surface area contributed by atoms with Crippen LogP contribution < -0.4 is 0 Å². The molecular formula is C21H19N3. The zero-order chi connectivity index (χ0) is 15.9. The topological polar surface area (TPSA) is 29.7 Å². The Kier molecular flexibility index (Phi) is 2.14. The van der Waals surface area contributed by atoms with Crippen LogP contribution in [0.2, 0.25) is 0 Å². The maximum absolute atomic E-state index is 5.38. The van der Waals surface area contributed by atoms with Crippen LogP contribution in [0.3, 0.4) is 0 Å². The smallest absolute Gasteiger partial charge is 0.0785 e. The summed E-state index contributed by atoms with van der Waals surface area (Å²) in [5.41, 5.74) is 8.15. The molecule has 3 heteroatoms. The Morgan fingerprint density at radius 1 is 0.958 bits per heavy atom. The summed E-state index contributed by atoms with van der Waals surface area (Å²) in [6.07, 6.45) is 9.10. The first-order chi connectivity index (χ1) is 11.7. The van der Waals surface area contributed by atoms with E-state index in [1.54, 1.807) is 0 Å². The molecule has 0 radical (unpaired) electrons. The van der Waals surface area contributed by atoms with Crippen LogP contribution in [-0.2, 0) is 5.41 Å². The molecule has 0 N–H and O–H groups in total. The number of hydrogen-bond donors (Lipinski definition) is 0. The Balaban J connectivity index is 1.67. The van der Waals surface area contributed by atoms with Crippen molar-refractivity contribution in [1.82, 2.24) is 9.61 Å². The van der Waals surface area contributed by atoms with E-state index in [1.807, 2.05) is 16.9 Å². The number of aryl methyl sites for hydroxylation is 1. The molecule has 0 atom stereocenters. The van der Waals surface area contributed by atoms with Gasteiger partial charge in [-0.05, 0) is 49.8 Å². The lowest BCUT2D eigenvalue weighted by Crippen LogP contribution is -2.34. The van der Waals surface area contributed by atoms with Gasteiger partial charge in [0.15, 0.2) is 0 Å². The van der Waals surface area contributed by atoms with Crippen molar-refractivity contribution < 1.29 is 0 Å². The first-order valence-corrected chi connectivity index (χ1v) is 8.87. The quantitative estimate of drug-likeness (QED) is 0.666. The van der Waals surface area contributed by atoms with E-state index in [0.717, 1.165) is 5.71 Å². The molecule has 118 valence electrons. The minimum atomic E-state index is 0.174. The van der Waals surface area contributed by atoms with Crippen LogP contribution in [0.25, 0.3) is 5.52 Å². The minimum Gasteiger partial charge on any atom is -0.276 e. The fourth-order valence-electron chi connectivity index (χ4n) is 4.90. The number of pyridine rings is 1. The van der Waals surface area contributed by atoms with E-state index < -0.39 is 0 Å². The number of hydrogen-bond acceptors (Lipinski definition) is 2. The molecule has 2 spiro atoms. The Hall–Kier alpha value is -2.42. The van der Waals surface area contributed by atoms with Crippen LogP contribution in [0.4, 0.5) is 0 Å². The second-order valence-corrected chi connectivity index (χ2v) is 7.66. The lowest BCUT2D eigenvalue weighted by Gasteiger charge is -2.32. The Morgan fingerprint density at radius 3 is 2.58 bits per heavy atom. The average molecular weight is 313 g/mol. The zero-order valence-electron chi connectivity index (χ0n) is 13.8. The van der Waals surface area contributed by atoms with Crippen molar-refractivity contribution in [3.05, 3.63) is 71.0 Å². The normalized spacial score (nSPS) is 21.8. The molecule has 3 aromatic rings. The van der Waals surface area contributed by atoms with Gasteiger partial charge in [0, 0.05) is 22.7 Å². The fraction of sp³-hybridized carbons (Fsp3) is 0.333. The van der Waals surface area contributed by atoms with E-state index in [2.05, 4.69) is 48.4 Å². The third-order valence-corrected chi connectivity index (χ3v) is 6.39. The van der Waals surface area contributed by atoms with Crippen molar-refractivity contribution in [3.8, 4) is 0 Å². The summed E-state index contributed by atoms with van der Waals surface area (Å²) in [6, 6.07) is 13.1. The fourth-order valence-corrected chi connectivity index (χ4v) is 4.90. The van der Waals surface area contributed by atoms with Crippen molar-refractivity contribution >= 4 is 11.2 Å². The van der Waals surface area contributed by atoms with Crippen molar-refractivity contribution in [2.24, 2.45) is 4.99 Å². The van der Waals surface area contributed by atoms with Crippen molar-refractivity contribution in [2.45, 2.75) is 43.6 Å². The average Bonchev–Trinajstić information content (AvgIpc) is 3.50. The molecule has 3 heterocycles. The van der Waals surface area contributed by atoms with E-state index in [4.69, 9.17) is 4.99 Å². The summed E-state index contributed by atoms with van der Waals surface area (Å²) in [7, 11) is 0. The monoisotopic (exact) mass is 313 g/mol. The van der Waals surface area contributed by atoms with Crippen molar-refractivity contribution in [2.75, 3.05) is 0 Å². The molecule has 24 heavy (non-hydrogen) atoms. The highest BCUT2D eigenvalue weighted by molar-refractivity contribution is 6.19. The molecule has 0 unspecified atom stereocenters. The van der Waals surface area contributed by atoms with E-state index in [9.17, 15) is 0 Å². The molecule has 0 amide bonds. The molecule has 0 bridgehead atoms. The lowest BCUT2D eigenvalue weighted by molar-refractivity contribution is 0.498. The van der Waals surface area contributed by atoms with Gasteiger partial charge in [-0.2, -0.15) is 5.10 Å². The summed E-state index contributed by atoms with van der Waals surface area (Å²) in [6.45, 7) is 2.16. The van der Waals surface area contributed by atoms with Gasteiger partial charge in [0.25, 0.3) is 0 Å². The van der Waals surface area contributed by atoms with Gasteiger partial charge < -0.3 is 0 Å². The van der Waals surface area contributed by atoms with Crippen molar-refractivity contribution in [3.63, 3.8) is 0 Å². The van der Waals surface area contributed by atoms with Gasteiger partial charge in [0.05, 0.1) is 23.0 Å². The molecule has 2 saturated carbocycles. The Bertz CT molecular complexity index is 1030. The summed E-state index contributed by atoms with van der Waals surface area (Å²) in [5, 5.41) is 4.58. The van der Waals surface area contributed by atoms with Gasteiger partial charge >= 0.3 is 0 Å². The number of nitrogens with zero attached hydrogens (tertiary/aromatic N) is 3. The van der Waals surface area contributed by atoms with Crippen LogP contribution in [0.5, 0.6) is 0 Å². The first kappa shape index (κ1) is 12.9. The van der Waals surface area contributed by atoms with Crippen molar-refractivity contribution in [1.29, 1.82) is 0 Å². The maximum Gasteiger partial charge on any atom is 0.0785 e. The largest absolute Gasteiger partial charge is 0.276 e. The van der Waals surface area contributed by atoms with Gasteiger partial charge in [-0.15, -0.1) is 0 Å². The predicted octanol–water partition coefficient (Wildman–Crippen LogP) is 4.06. The number of rotatable bonds is 1. The van der Waals surface area contributed by atoms with E-state index in [0.29, 0.717) is 5.41 Å². The molecule has 2 aliphatic carbocycles. The minimum absolute atomic E-state index is 0.174. The summed E-state index contributed by atoms with van der Waals surface area (Å²) < 4.78 is 1.98. The SMILES string of the molecule is Cc1cccn2ncc(C3=NC4(CC4)C4(CC4)c4ccccc43)c12. The molecule has 0 saturated heterocycles. The lowest BCUT2D eigenvalue weighted by atomic mass is 9.78. The van der Waals surface area contributed by atoms with Gasteiger partial charge in [-0.1, -0.05) is 30.3 Å². The Labute approximate surface area is 141 Å². The second-order valence-electron chi connectivity index (χ2n) is 7.66. The summed E-state index contributed by atoms with van der Waals surface area (Å²) >= 11 is 0. The molecule has 2 aromatic heterocycles. The van der Waals surface area contributed by atoms with E-state index in [-0.39, 0.29) is 5.54 Å². The first-order valence-electron chi connectivity index (χ1n) is 8.87. The van der Waals surface area contributed by atoms with Crippen LogP contribution >= 0.6 is 0 Å². The highest BCUT2D eigenvalue weighted by Crippen LogP contribution is 2.69. The summed E-state index contributed by atoms with van der Waals surface area (Å²) in [5.74, 6) is 0. The number of aliphatic imine (C=N–C) groups is 1. The van der Waals surface area contributed by atoms with E-state index >= 15 is 0 Å². The zero-order valence-corrected chi connectivity index (χ0v) is 13.8. The molecule has 1 aliphatic heterocycles. The Morgan fingerprint density at radius 2 is 1.79 bits per heavy atom. The van der Waals surface area contributed by atoms with Gasteiger partial charge in [0.1, 0.15) is 0 Å². The second kappa shape index (κ2) is 3.97. The molecule has 1 aromatic carbocycles.